The van der Waals surface area contributed by atoms with Gasteiger partial charge >= 0.3 is 6.09 Å². The molecule has 0 unspecified atom stereocenters. The van der Waals surface area contributed by atoms with Gasteiger partial charge in [0.05, 0.1) is 12.2 Å². The molecule has 1 heterocycles. The van der Waals surface area contributed by atoms with E-state index < -0.39 is 11.7 Å². The van der Waals surface area contributed by atoms with Crippen molar-refractivity contribution in [3.63, 3.8) is 0 Å². The molecule has 1 aromatic rings. The molecular formula is C15H23BrN2O3. The number of rotatable bonds is 5. The maximum atomic E-state index is 11.8. The van der Waals surface area contributed by atoms with Gasteiger partial charge in [-0.25, -0.2) is 4.79 Å². The molecular weight excluding hydrogens is 336 g/mol. The van der Waals surface area contributed by atoms with E-state index in [1.54, 1.807) is 12.4 Å². The van der Waals surface area contributed by atoms with Gasteiger partial charge in [-0.1, -0.05) is 13.8 Å². The standard InChI is InChI=1S/C15H23BrN2O3/c1-10(2)13(18-14(19)21-15(3,4)5)9-20-12-6-11(16)7-17-8-12/h6-8,10,13H,9H2,1-5H3,(H,18,19)/t13-/m1/s1. The number of nitrogens with zero attached hydrogens (tertiary/aromatic N) is 1. The lowest BCUT2D eigenvalue weighted by Gasteiger charge is -2.25. The fraction of sp³-hybridized carbons (Fsp3) is 0.600. The first-order valence-electron chi connectivity index (χ1n) is 6.90. The normalized spacial score (nSPS) is 12.9. The van der Waals surface area contributed by atoms with Crippen molar-refractivity contribution in [2.24, 2.45) is 5.92 Å². The Kier molecular flexibility index (Phi) is 6.45. The molecule has 118 valence electrons. The number of halogens is 1. The monoisotopic (exact) mass is 358 g/mol. The zero-order valence-electron chi connectivity index (χ0n) is 13.1. The molecule has 0 aliphatic heterocycles. The molecule has 1 N–H and O–H groups in total. The van der Waals surface area contributed by atoms with Crippen LogP contribution in [0.1, 0.15) is 34.6 Å². The first-order chi connectivity index (χ1) is 9.67. The van der Waals surface area contributed by atoms with Crippen LogP contribution < -0.4 is 10.1 Å². The van der Waals surface area contributed by atoms with Crippen molar-refractivity contribution in [2.75, 3.05) is 6.61 Å². The minimum absolute atomic E-state index is 0.140. The second-order valence-corrected chi connectivity index (χ2v) is 7.06. The van der Waals surface area contributed by atoms with Crippen LogP contribution in [0.3, 0.4) is 0 Å². The maximum Gasteiger partial charge on any atom is 0.407 e. The van der Waals surface area contributed by atoms with Crippen molar-refractivity contribution in [1.82, 2.24) is 10.3 Å². The summed E-state index contributed by atoms with van der Waals surface area (Å²) in [5, 5.41) is 2.84. The molecule has 0 bridgehead atoms. The number of carbonyl (C=O) groups excluding carboxylic acids is 1. The zero-order chi connectivity index (χ0) is 16.0. The van der Waals surface area contributed by atoms with Crippen LogP contribution in [0.5, 0.6) is 5.75 Å². The van der Waals surface area contributed by atoms with Gasteiger partial charge in [0.25, 0.3) is 0 Å². The third-order valence-corrected chi connectivity index (χ3v) is 3.05. The van der Waals surface area contributed by atoms with Crippen LogP contribution in [-0.2, 0) is 4.74 Å². The number of hydrogen-bond donors (Lipinski definition) is 1. The Hall–Kier alpha value is -1.30. The lowest BCUT2D eigenvalue weighted by molar-refractivity contribution is 0.0468. The molecule has 0 spiro atoms. The quantitative estimate of drug-likeness (QED) is 0.869. The number of amides is 1. The molecule has 0 aromatic carbocycles. The van der Waals surface area contributed by atoms with Crippen LogP contribution in [0.15, 0.2) is 22.9 Å². The molecule has 0 radical (unpaired) electrons. The number of aromatic nitrogens is 1. The fourth-order valence-corrected chi connectivity index (χ4v) is 1.86. The Morgan fingerprint density at radius 2 is 2.05 bits per heavy atom. The summed E-state index contributed by atoms with van der Waals surface area (Å²) < 4.78 is 11.8. The Morgan fingerprint density at radius 1 is 1.38 bits per heavy atom. The summed E-state index contributed by atoms with van der Waals surface area (Å²) in [6, 6.07) is 1.69. The predicted molar refractivity (Wildman–Crippen MR) is 85.4 cm³/mol. The minimum Gasteiger partial charge on any atom is -0.490 e. The number of ether oxygens (including phenoxy) is 2. The van der Waals surface area contributed by atoms with Gasteiger partial charge in [0.2, 0.25) is 0 Å². The van der Waals surface area contributed by atoms with Gasteiger partial charge in [-0.05, 0) is 48.7 Å². The van der Waals surface area contributed by atoms with Gasteiger partial charge in [-0.3, -0.25) is 4.98 Å². The van der Waals surface area contributed by atoms with Crippen LogP contribution in [0.2, 0.25) is 0 Å². The Morgan fingerprint density at radius 3 is 2.57 bits per heavy atom. The van der Waals surface area contributed by atoms with E-state index in [1.807, 2.05) is 40.7 Å². The average molecular weight is 359 g/mol. The average Bonchev–Trinajstić information content (AvgIpc) is 2.32. The van der Waals surface area contributed by atoms with Gasteiger partial charge in [-0.15, -0.1) is 0 Å². The van der Waals surface area contributed by atoms with Gasteiger partial charge in [0, 0.05) is 10.7 Å². The van der Waals surface area contributed by atoms with Crippen LogP contribution in [0, 0.1) is 5.92 Å². The third-order valence-electron chi connectivity index (χ3n) is 2.62. The highest BCUT2D eigenvalue weighted by Gasteiger charge is 2.22. The Balaban J connectivity index is 2.56. The summed E-state index contributed by atoms with van der Waals surface area (Å²) in [5.74, 6) is 0.874. The lowest BCUT2D eigenvalue weighted by Crippen LogP contribution is -2.45. The van der Waals surface area contributed by atoms with Gasteiger partial charge in [-0.2, -0.15) is 0 Å². The Bertz CT molecular complexity index is 472. The van der Waals surface area contributed by atoms with Crippen molar-refractivity contribution in [3.8, 4) is 5.75 Å². The number of carbonyl (C=O) groups is 1. The SMILES string of the molecule is CC(C)[C@@H](COc1cncc(Br)c1)NC(=O)OC(C)(C)C. The Labute approximate surface area is 134 Å². The molecule has 5 nitrogen and oxygen atoms in total. The first kappa shape index (κ1) is 17.8. The molecule has 0 aliphatic rings. The van der Waals surface area contributed by atoms with Crippen molar-refractivity contribution in [2.45, 2.75) is 46.3 Å². The summed E-state index contributed by atoms with van der Waals surface area (Å²) in [4.78, 5) is 15.9. The number of alkyl carbamates (subject to hydrolysis) is 1. The highest BCUT2D eigenvalue weighted by Crippen LogP contribution is 2.17. The van der Waals surface area contributed by atoms with E-state index in [0.29, 0.717) is 12.4 Å². The first-order valence-corrected chi connectivity index (χ1v) is 7.69. The van der Waals surface area contributed by atoms with E-state index in [2.05, 4.69) is 26.2 Å². The van der Waals surface area contributed by atoms with E-state index in [-0.39, 0.29) is 12.0 Å². The summed E-state index contributed by atoms with van der Waals surface area (Å²) in [6.45, 7) is 9.89. The number of hydrogen-bond acceptors (Lipinski definition) is 4. The van der Waals surface area contributed by atoms with Crippen LogP contribution in [-0.4, -0.2) is 29.3 Å². The van der Waals surface area contributed by atoms with Crippen LogP contribution in [0.4, 0.5) is 4.79 Å². The molecule has 1 aromatic heterocycles. The summed E-state index contributed by atoms with van der Waals surface area (Å²) in [6.07, 6.45) is 2.89. The van der Waals surface area contributed by atoms with Crippen molar-refractivity contribution in [3.05, 3.63) is 22.9 Å². The maximum absolute atomic E-state index is 11.8. The molecule has 0 saturated carbocycles. The summed E-state index contributed by atoms with van der Waals surface area (Å²) in [7, 11) is 0. The van der Waals surface area contributed by atoms with E-state index in [0.717, 1.165) is 4.47 Å². The largest absolute Gasteiger partial charge is 0.490 e. The van der Waals surface area contributed by atoms with Gasteiger partial charge < -0.3 is 14.8 Å². The second-order valence-electron chi connectivity index (χ2n) is 6.15. The van der Waals surface area contributed by atoms with E-state index in [4.69, 9.17) is 9.47 Å². The van der Waals surface area contributed by atoms with Crippen LogP contribution in [0.25, 0.3) is 0 Å². The molecule has 1 rings (SSSR count). The van der Waals surface area contributed by atoms with E-state index >= 15 is 0 Å². The zero-order valence-corrected chi connectivity index (χ0v) is 14.7. The van der Waals surface area contributed by atoms with Gasteiger partial charge in [0.1, 0.15) is 18.0 Å². The molecule has 1 amide bonds. The molecule has 6 heteroatoms. The fourth-order valence-electron chi connectivity index (χ4n) is 1.52. The number of nitrogens with one attached hydrogen (secondary N) is 1. The van der Waals surface area contributed by atoms with Gasteiger partial charge in [0.15, 0.2) is 0 Å². The second kappa shape index (κ2) is 7.64. The topological polar surface area (TPSA) is 60.5 Å². The van der Waals surface area contributed by atoms with Crippen molar-refractivity contribution in [1.29, 1.82) is 0 Å². The predicted octanol–water partition coefficient (Wildman–Crippen LogP) is 3.77. The molecule has 21 heavy (non-hydrogen) atoms. The highest BCUT2D eigenvalue weighted by atomic mass is 79.9. The van der Waals surface area contributed by atoms with E-state index in [1.165, 1.54) is 0 Å². The molecule has 1 atom stereocenters. The minimum atomic E-state index is -0.513. The smallest absolute Gasteiger partial charge is 0.407 e. The lowest BCUT2D eigenvalue weighted by atomic mass is 10.1. The van der Waals surface area contributed by atoms with E-state index in [9.17, 15) is 4.79 Å². The third kappa shape index (κ3) is 7.32. The molecule has 0 aliphatic carbocycles. The highest BCUT2D eigenvalue weighted by molar-refractivity contribution is 9.10. The van der Waals surface area contributed by atoms with Crippen molar-refractivity contribution >= 4 is 22.0 Å². The molecule has 0 saturated heterocycles. The number of pyridine rings is 1. The van der Waals surface area contributed by atoms with Crippen molar-refractivity contribution < 1.29 is 14.3 Å². The van der Waals surface area contributed by atoms with Crippen LogP contribution >= 0.6 is 15.9 Å². The summed E-state index contributed by atoms with van der Waals surface area (Å²) >= 11 is 3.34. The summed E-state index contributed by atoms with van der Waals surface area (Å²) in [5.41, 5.74) is -0.513. The molecule has 0 fully saturated rings.